The second-order valence-corrected chi connectivity index (χ2v) is 6.67. The van der Waals surface area contributed by atoms with Crippen molar-refractivity contribution in [3.05, 3.63) is 23.8 Å². The molecule has 1 N–H and O–H groups in total. The fourth-order valence-corrected chi connectivity index (χ4v) is 2.63. The molecule has 1 unspecified atom stereocenters. The van der Waals surface area contributed by atoms with E-state index in [-0.39, 0.29) is 17.9 Å². The first-order valence-electron chi connectivity index (χ1n) is 8.57. The van der Waals surface area contributed by atoms with Crippen LogP contribution in [0.2, 0.25) is 0 Å². The summed E-state index contributed by atoms with van der Waals surface area (Å²) in [5.74, 6) is 0.678. The Morgan fingerprint density at radius 3 is 2.71 bits per heavy atom. The zero-order valence-corrected chi connectivity index (χ0v) is 14.9. The van der Waals surface area contributed by atoms with Gasteiger partial charge in [-0.1, -0.05) is 6.92 Å². The summed E-state index contributed by atoms with van der Waals surface area (Å²) in [6, 6.07) is 7.24. The average molecular weight is 330 g/mol. The molecule has 1 atom stereocenters. The number of ether oxygens (including phenoxy) is 2. The van der Waals surface area contributed by atoms with Gasteiger partial charge in [0.15, 0.2) is 0 Å². The second kappa shape index (κ2) is 7.67. The van der Waals surface area contributed by atoms with Gasteiger partial charge in [0.25, 0.3) is 5.91 Å². The number of carbonyl (C=O) groups excluding carboxylic acids is 1. The van der Waals surface area contributed by atoms with Crippen LogP contribution in [0.1, 0.15) is 52.5 Å². The summed E-state index contributed by atoms with van der Waals surface area (Å²) < 4.78 is 11.5. The molecule has 0 aliphatic heterocycles. The number of rotatable bonds is 8. The van der Waals surface area contributed by atoms with Crippen molar-refractivity contribution >= 4 is 11.6 Å². The quantitative estimate of drug-likeness (QED) is 0.785. The van der Waals surface area contributed by atoms with E-state index in [4.69, 9.17) is 9.47 Å². The molecule has 24 heavy (non-hydrogen) atoms. The second-order valence-electron chi connectivity index (χ2n) is 6.67. The standard InChI is InChI=1S/C19H26N2O3/c1-5-10-23-19(4,15-6-7-15)18(22)21-17-9-8-16(24-13(2)3)11-14(17)12-20/h8-9,11,13,15H,5-7,10H2,1-4H3,(H,21,22). The Labute approximate surface area is 144 Å². The summed E-state index contributed by atoms with van der Waals surface area (Å²) in [5, 5.41) is 12.2. The lowest BCUT2D eigenvalue weighted by Crippen LogP contribution is -2.45. The normalized spacial score (nSPS) is 16.3. The third-order valence-corrected chi connectivity index (χ3v) is 4.14. The third kappa shape index (κ3) is 4.27. The lowest BCUT2D eigenvalue weighted by Gasteiger charge is -2.29. The van der Waals surface area contributed by atoms with Crippen LogP contribution in [0.25, 0.3) is 0 Å². The Bertz CT molecular complexity index is 632. The SMILES string of the molecule is CCCOC(C)(C(=O)Nc1ccc(OC(C)C)cc1C#N)C1CC1. The van der Waals surface area contributed by atoms with Gasteiger partial charge in [-0.3, -0.25) is 4.79 Å². The van der Waals surface area contributed by atoms with E-state index < -0.39 is 5.60 Å². The predicted molar refractivity (Wildman–Crippen MR) is 92.9 cm³/mol. The number of hydrogen-bond donors (Lipinski definition) is 1. The Kier molecular flexibility index (Phi) is 5.84. The van der Waals surface area contributed by atoms with Crippen LogP contribution >= 0.6 is 0 Å². The molecule has 130 valence electrons. The Morgan fingerprint density at radius 1 is 1.46 bits per heavy atom. The third-order valence-electron chi connectivity index (χ3n) is 4.14. The van der Waals surface area contributed by atoms with Gasteiger partial charge in [-0.2, -0.15) is 5.26 Å². The van der Waals surface area contributed by atoms with Crippen LogP contribution in [-0.2, 0) is 9.53 Å². The van der Waals surface area contributed by atoms with Crippen molar-refractivity contribution in [3.63, 3.8) is 0 Å². The van der Waals surface area contributed by atoms with Crippen LogP contribution in [0.3, 0.4) is 0 Å². The molecule has 1 amide bonds. The number of benzene rings is 1. The lowest BCUT2D eigenvalue weighted by molar-refractivity contribution is -0.142. The lowest BCUT2D eigenvalue weighted by atomic mass is 9.98. The molecule has 1 aliphatic rings. The molecule has 0 aromatic heterocycles. The summed E-state index contributed by atoms with van der Waals surface area (Å²) in [4.78, 5) is 12.8. The van der Waals surface area contributed by atoms with Crippen molar-refractivity contribution in [1.82, 2.24) is 0 Å². The van der Waals surface area contributed by atoms with E-state index in [0.717, 1.165) is 19.3 Å². The van der Waals surface area contributed by atoms with Gasteiger partial charge < -0.3 is 14.8 Å². The van der Waals surface area contributed by atoms with Crippen molar-refractivity contribution < 1.29 is 14.3 Å². The molecule has 1 aliphatic carbocycles. The van der Waals surface area contributed by atoms with Gasteiger partial charge in [-0.05, 0) is 58.1 Å². The summed E-state index contributed by atoms with van der Waals surface area (Å²) in [6.45, 7) is 8.26. The molecule has 0 heterocycles. The molecule has 1 aromatic rings. The van der Waals surface area contributed by atoms with E-state index in [1.54, 1.807) is 18.2 Å². The molecule has 5 nitrogen and oxygen atoms in total. The van der Waals surface area contributed by atoms with E-state index in [0.29, 0.717) is 23.6 Å². The van der Waals surface area contributed by atoms with Crippen LogP contribution in [0, 0.1) is 17.2 Å². The maximum atomic E-state index is 12.8. The number of amides is 1. The van der Waals surface area contributed by atoms with Gasteiger partial charge in [0.1, 0.15) is 17.4 Å². The molecule has 1 aromatic carbocycles. The van der Waals surface area contributed by atoms with Crippen LogP contribution in [0.5, 0.6) is 5.75 Å². The van der Waals surface area contributed by atoms with Gasteiger partial charge in [0.2, 0.25) is 0 Å². The Morgan fingerprint density at radius 2 is 2.17 bits per heavy atom. The highest BCUT2D eigenvalue weighted by molar-refractivity contribution is 5.98. The minimum atomic E-state index is -0.837. The summed E-state index contributed by atoms with van der Waals surface area (Å²) in [5.41, 5.74) is 0.0382. The molecule has 2 rings (SSSR count). The Hall–Kier alpha value is -2.06. The number of carbonyl (C=O) groups is 1. The number of hydrogen-bond acceptors (Lipinski definition) is 4. The number of nitriles is 1. The van der Waals surface area contributed by atoms with Gasteiger partial charge in [-0.15, -0.1) is 0 Å². The number of anilines is 1. The first-order valence-corrected chi connectivity index (χ1v) is 8.57. The molecule has 0 radical (unpaired) electrons. The van der Waals surface area contributed by atoms with Crippen molar-refractivity contribution in [2.24, 2.45) is 5.92 Å². The first kappa shape index (κ1) is 18.3. The van der Waals surface area contributed by atoms with E-state index in [9.17, 15) is 10.1 Å². The van der Waals surface area contributed by atoms with Crippen molar-refractivity contribution in [2.75, 3.05) is 11.9 Å². The van der Waals surface area contributed by atoms with Gasteiger partial charge in [0, 0.05) is 12.7 Å². The zero-order chi connectivity index (χ0) is 17.7. The summed E-state index contributed by atoms with van der Waals surface area (Å²) >= 11 is 0. The molecular weight excluding hydrogens is 304 g/mol. The minimum Gasteiger partial charge on any atom is -0.491 e. The van der Waals surface area contributed by atoms with Crippen LogP contribution in [0.15, 0.2) is 18.2 Å². The molecule has 0 spiro atoms. The maximum Gasteiger partial charge on any atom is 0.256 e. The molecule has 5 heteroatoms. The van der Waals surface area contributed by atoms with Crippen molar-refractivity contribution in [1.29, 1.82) is 5.26 Å². The van der Waals surface area contributed by atoms with Crippen LogP contribution in [-0.4, -0.2) is 24.2 Å². The van der Waals surface area contributed by atoms with E-state index in [2.05, 4.69) is 11.4 Å². The van der Waals surface area contributed by atoms with Crippen molar-refractivity contribution in [2.45, 2.75) is 58.7 Å². The number of nitrogens with zero attached hydrogens (tertiary/aromatic N) is 1. The fourth-order valence-electron chi connectivity index (χ4n) is 2.63. The number of nitrogens with one attached hydrogen (secondary N) is 1. The topological polar surface area (TPSA) is 71.3 Å². The molecule has 1 saturated carbocycles. The van der Waals surface area contributed by atoms with Gasteiger partial charge in [0.05, 0.1) is 17.4 Å². The highest BCUT2D eigenvalue weighted by Crippen LogP contribution is 2.42. The zero-order valence-electron chi connectivity index (χ0n) is 14.9. The monoisotopic (exact) mass is 330 g/mol. The first-order chi connectivity index (χ1) is 11.4. The molecule has 0 bridgehead atoms. The molecular formula is C19H26N2O3. The summed E-state index contributed by atoms with van der Waals surface area (Å²) in [7, 11) is 0. The van der Waals surface area contributed by atoms with E-state index in [1.165, 1.54) is 0 Å². The smallest absolute Gasteiger partial charge is 0.256 e. The van der Waals surface area contributed by atoms with Gasteiger partial charge >= 0.3 is 0 Å². The Balaban J connectivity index is 2.16. The summed E-state index contributed by atoms with van der Waals surface area (Å²) in [6.07, 6.45) is 2.89. The minimum absolute atomic E-state index is 0.0255. The average Bonchev–Trinajstić information content (AvgIpc) is 3.38. The molecule has 1 fully saturated rings. The predicted octanol–water partition coefficient (Wildman–Crippen LogP) is 3.88. The highest BCUT2D eigenvalue weighted by Gasteiger charge is 2.48. The van der Waals surface area contributed by atoms with E-state index in [1.807, 2.05) is 27.7 Å². The largest absolute Gasteiger partial charge is 0.491 e. The van der Waals surface area contributed by atoms with E-state index >= 15 is 0 Å². The fraction of sp³-hybridized carbons (Fsp3) is 0.579. The van der Waals surface area contributed by atoms with Crippen LogP contribution < -0.4 is 10.1 Å². The van der Waals surface area contributed by atoms with Gasteiger partial charge in [-0.25, -0.2) is 0 Å². The van der Waals surface area contributed by atoms with Crippen molar-refractivity contribution in [3.8, 4) is 11.8 Å². The highest BCUT2D eigenvalue weighted by atomic mass is 16.5. The molecule has 0 saturated heterocycles. The maximum absolute atomic E-state index is 12.8. The van der Waals surface area contributed by atoms with Crippen LogP contribution in [0.4, 0.5) is 5.69 Å².